The molecule has 1 saturated heterocycles. The number of carbonyl (C=O) groups is 2. The van der Waals surface area contributed by atoms with E-state index in [4.69, 9.17) is 4.74 Å². The zero-order valence-corrected chi connectivity index (χ0v) is 21.2. The number of fused-ring (bicyclic) bond motifs is 1. The molecule has 0 aromatic heterocycles. The van der Waals surface area contributed by atoms with Crippen molar-refractivity contribution >= 4 is 27.5 Å². The van der Waals surface area contributed by atoms with Gasteiger partial charge in [0, 0.05) is 26.2 Å². The maximum atomic E-state index is 13.1. The molecule has 4 rings (SSSR count). The SMILES string of the molecule is CCN(CC)S(=O)(=O)c1ccc2c(c1)N(CC(=O)N1CCC(Cc3ccccc3)CC1)C(=O)CO2. The molecule has 8 nitrogen and oxygen atoms in total. The molecule has 0 bridgehead atoms. The van der Waals surface area contributed by atoms with E-state index in [9.17, 15) is 18.0 Å². The van der Waals surface area contributed by atoms with Gasteiger partial charge < -0.3 is 9.64 Å². The van der Waals surface area contributed by atoms with Crippen LogP contribution in [0.5, 0.6) is 5.75 Å². The molecule has 0 aliphatic carbocycles. The van der Waals surface area contributed by atoms with E-state index in [1.165, 1.54) is 26.9 Å². The molecule has 2 aromatic carbocycles. The number of amides is 2. The van der Waals surface area contributed by atoms with Crippen LogP contribution in [-0.4, -0.2) is 68.8 Å². The predicted octanol–water partition coefficient (Wildman–Crippen LogP) is 2.92. The summed E-state index contributed by atoms with van der Waals surface area (Å²) in [7, 11) is -3.71. The second kappa shape index (κ2) is 10.8. The van der Waals surface area contributed by atoms with Gasteiger partial charge in [0.25, 0.3) is 5.91 Å². The fourth-order valence-electron chi connectivity index (χ4n) is 4.80. The van der Waals surface area contributed by atoms with Gasteiger partial charge in [-0.1, -0.05) is 44.2 Å². The van der Waals surface area contributed by atoms with Gasteiger partial charge in [-0.15, -0.1) is 0 Å². The Labute approximate surface area is 207 Å². The highest BCUT2D eigenvalue weighted by atomic mass is 32.2. The molecule has 0 spiro atoms. The molecule has 0 saturated carbocycles. The van der Waals surface area contributed by atoms with Gasteiger partial charge in [0.05, 0.1) is 10.6 Å². The van der Waals surface area contributed by atoms with Gasteiger partial charge in [0.15, 0.2) is 6.61 Å². The van der Waals surface area contributed by atoms with Crippen molar-refractivity contribution in [1.29, 1.82) is 0 Å². The summed E-state index contributed by atoms with van der Waals surface area (Å²) in [6.07, 6.45) is 2.84. The zero-order chi connectivity index (χ0) is 25.0. The maximum Gasteiger partial charge on any atom is 0.265 e. The Bertz CT molecular complexity index is 1160. The van der Waals surface area contributed by atoms with E-state index >= 15 is 0 Å². The third-order valence-corrected chi connectivity index (χ3v) is 8.89. The number of hydrogen-bond donors (Lipinski definition) is 0. The van der Waals surface area contributed by atoms with E-state index in [-0.39, 0.29) is 29.9 Å². The first-order valence-electron chi connectivity index (χ1n) is 12.2. The van der Waals surface area contributed by atoms with Crippen LogP contribution in [0.4, 0.5) is 5.69 Å². The molecule has 0 radical (unpaired) electrons. The zero-order valence-electron chi connectivity index (χ0n) is 20.4. The molecule has 2 aromatic rings. The van der Waals surface area contributed by atoms with E-state index in [2.05, 4.69) is 12.1 Å². The van der Waals surface area contributed by atoms with E-state index in [0.29, 0.717) is 43.5 Å². The van der Waals surface area contributed by atoms with Crippen LogP contribution < -0.4 is 9.64 Å². The van der Waals surface area contributed by atoms with Gasteiger partial charge in [0.1, 0.15) is 12.3 Å². The Hall–Kier alpha value is -2.91. The fraction of sp³-hybridized carbons (Fsp3) is 0.462. The van der Waals surface area contributed by atoms with Crippen LogP contribution in [0.15, 0.2) is 53.4 Å². The molecular weight excluding hydrogens is 466 g/mol. The Morgan fingerprint density at radius 1 is 1.06 bits per heavy atom. The average molecular weight is 500 g/mol. The number of sulfonamides is 1. The second-order valence-corrected chi connectivity index (χ2v) is 10.9. The van der Waals surface area contributed by atoms with Crippen LogP contribution in [0.2, 0.25) is 0 Å². The van der Waals surface area contributed by atoms with Gasteiger partial charge in [-0.05, 0) is 48.9 Å². The molecule has 35 heavy (non-hydrogen) atoms. The van der Waals surface area contributed by atoms with Gasteiger partial charge >= 0.3 is 0 Å². The smallest absolute Gasteiger partial charge is 0.265 e. The number of piperidine rings is 1. The highest BCUT2D eigenvalue weighted by Crippen LogP contribution is 2.35. The lowest BCUT2D eigenvalue weighted by Gasteiger charge is -2.35. The van der Waals surface area contributed by atoms with Gasteiger partial charge in [-0.3, -0.25) is 14.5 Å². The van der Waals surface area contributed by atoms with Crippen molar-refractivity contribution in [3.05, 3.63) is 54.1 Å². The minimum atomic E-state index is -3.71. The fourth-order valence-corrected chi connectivity index (χ4v) is 6.28. The maximum absolute atomic E-state index is 13.1. The van der Waals surface area contributed by atoms with Crippen LogP contribution >= 0.6 is 0 Å². The minimum Gasteiger partial charge on any atom is -0.482 e. The molecule has 0 N–H and O–H groups in total. The topological polar surface area (TPSA) is 87.2 Å². The third kappa shape index (κ3) is 5.51. The molecule has 0 unspecified atom stereocenters. The molecule has 188 valence electrons. The minimum absolute atomic E-state index is 0.0809. The number of hydrogen-bond acceptors (Lipinski definition) is 5. The van der Waals surface area contributed by atoms with Crippen LogP contribution in [-0.2, 0) is 26.0 Å². The van der Waals surface area contributed by atoms with Crippen molar-refractivity contribution in [1.82, 2.24) is 9.21 Å². The lowest BCUT2D eigenvalue weighted by atomic mass is 9.90. The van der Waals surface area contributed by atoms with Gasteiger partial charge in [-0.25, -0.2) is 8.42 Å². The van der Waals surface area contributed by atoms with Crippen LogP contribution in [0, 0.1) is 5.92 Å². The van der Waals surface area contributed by atoms with E-state index < -0.39 is 10.0 Å². The van der Waals surface area contributed by atoms with Crippen LogP contribution in [0.25, 0.3) is 0 Å². The van der Waals surface area contributed by atoms with Gasteiger partial charge in [0.2, 0.25) is 15.9 Å². The predicted molar refractivity (Wildman–Crippen MR) is 134 cm³/mol. The van der Waals surface area contributed by atoms with Crippen molar-refractivity contribution < 1.29 is 22.7 Å². The molecule has 9 heteroatoms. The quantitative estimate of drug-likeness (QED) is 0.557. The largest absolute Gasteiger partial charge is 0.482 e. The van der Waals surface area contributed by atoms with E-state index in [1.807, 2.05) is 18.2 Å². The number of rotatable bonds is 8. The summed E-state index contributed by atoms with van der Waals surface area (Å²) in [5.41, 5.74) is 1.63. The van der Waals surface area contributed by atoms with Crippen molar-refractivity contribution in [2.24, 2.45) is 5.92 Å². The average Bonchev–Trinajstić information content (AvgIpc) is 2.87. The Kier molecular flexibility index (Phi) is 7.76. The Morgan fingerprint density at radius 3 is 2.40 bits per heavy atom. The highest BCUT2D eigenvalue weighted by Gasteiger charge is 2.32. The first-order chi connectivity index (χ1) is 16.8. The molecule has 2 aliphatic rings. The lowest BCUT2D eigenvalue weighted by Crippen LogP contribution is -2.48. The summed E-state index contributed by atoms with van der Waals surface area (Å²) in [6, 6.07) is 14.9. The third-order valence-electron chi connectivity index (χ3n) is 6.84. The molecular formula is C26H33N3O5S. The van der Waals surface area contributed by atoms with E-state index in [1.54, 1.807) is 24.8 Å². The molecule has 2 amide bonds. The van der Waals surface area contributed by atoms with Crippen molar-refractivity contribution in [3.8, 4) is 5.75 Å². The molecule has 2 heterocycles. The molecule has 1 fully saturated rings. The Balaban J connectivity index is 1.45. The normalized spacial score (nSPS) is 16.8. The summed E-state index contributed by atoms with van der Waals surface area (Å²) >= 11 is 0. The van der Waals surface area contributed by atoms with Crippen LogP contribution in [0.1, 0.15) is 32.3 Å². The van der Waals surface area contributed by atoms with Crippen molar-refractivity contribution in [2.45, 2.75) is 38.0 Å². The number of nitrogens with zero attached hydrogens (tertiary/aromatic N) is 3. The highest BCUT2D eigenvalue weighted by molar-refractivity contribution is 7.89. The summed E-state index contributed by atoms with van der Waals surface area (Å²) in [5, 5.41) is 0. The second-order valence-electron chi connectivity index (χ2n) is 9.00. The summed E-state index contributed by atoms with van der Waals surface area (Å²) in [6.45, 7) is 5.23. The first kappa shape index (κ1) is 25.2. The molecule has 0 atom stereocenters. The summed E-state index contributed by atoms with van der Waals surface area (Å²) in [5.74, 6) is 0.432. The monoisotopic (exact) mass is 499 g/mol. The lowest BCUT2D eigenvalue weighted by molar-refractivity contribution is -0.133. The number of anilines is 1. The number of ether oxygens (including phenoxy) is 1. The first-order valence-corrected chi connectivity index (χ1v) is 13.7. The number of carbonyl (C=O) groups excluding carboxylic acids is 2. The summed E-state index contributed by atoms with van der Waals surface area (Å²) in [4.78, 5) is 29.1. The number of likely N-dealkylation sites (tertiary alicyclic amines) is 1. The van der Waals surface area contributed by atoms with E-state index in [0.717, 1.165) is 19.3 Å². The molecule has 2 aliphatic heterocycles. The number of benzene rings is 2. The van der Waals surface area contributed by atoms with Crippen molar-refractivity contribution in [3.63, 3.8) is 0 Å². The summed E-state index contributed by atoms with van der Waals surface area (Å²) < 4.78 is 32.9. The van der Waals surface area contributed by atoms with Crippen molar-refractivity contribution in [2.75, 3.05) is 44.2 Å². The Morgan fingerprint density at radius 2 is 1.74 bits per heavy atom. The van der Waals surface area contributed by atoms with Crippen LogP contribution in [0.3, 0.4) is 0 Å². The standard InChI is InChI=1S/C26H33N3O5S/c1-3-28(4-2)35(32,33)22-10-11-24-23(17-22)29(26(31)19-34-24)18-25(30)27-14-12-21(13-15-27)16-20-8-6-5-7-9-20/h5-11,17,21H,3-4,12-16,18-19H2,1-2H3. The van der Waals surface area contributed by atoms with Gasteiger partial charge in [-0.2, -0.15) is 4.31 Å².